The van der Waals surface area contributed by atoms with E-state index in [2.05, 4.69) is 167 Å². The summed E-state index contributed by atoms with van der Waals surface area (Å²) in [4.78, 5) is 25.4. The number of allylic oxidation sites excluding steroid dienone is 24. The van der Waals surface area contributed by atoms with Crippen molar-refractivity contribution in [1.29, 1.82) is 0 Å². The smallest absolute Gasteiger partial charge is 0.306 e. The van der Waals surface area contributed by atoms with Gasteiger partial charge in [0.1, 0.15) is 6.61 Å². The first-order valence-electron chi connectivity index (χ1n) is 26.4. The van der Waals surface area contributed by atoms with Crippen molar-refractivity contribution in [3.05, 3.63) is 146 Å². The van der Waals surface area contributed by atoms with Crippen LogP contribution < -0.4 is 0 Å². The second-order valence-electron chi connectivity index (χ2n) is 16.6. The van der Waals surface area contributed by atoms with Crippen LogP contribution in [0.25, 0.3) is 0 Å². The summed E-state index contributed by atoms with van der Waals surface area (Å²) in [7, 11) is 0. The van der Waals surface area contributed by atoms with E-state index in [0.717, 1.165) is 141 Å². The van der Waals surface area contributed by atoms with Gasteiger partial charge in [-0.15, -0.1) is 0 Å². The molecule has 0 aromatic rings. The lowest BCUT2D eigenvalue weighted by atomic mass is 10.1. The maximum absolute atomic E-state index is 12.8. The van der Waals surface area contributed by atoms with Crippen molar-refractivity contribution in [3.63, 3.8) is 0 Å². The fourth-order valence-corrected chi connectivity index (χ4v) is 6.55. The van der Waals surface area contributed by atoms with Crippen LogP contribution in [0.15, 0.2) is 146 Å². The van der Waals surface area contributed by atoms with Gasteiger partial charge in [0, 0.05) is 19.4 Å². The van der Waals surface area contributed by atoms with Gasteiger partial charge in [0.15, 0.2) is 6.10 Å². The molecule has 0 aliphatic carbocycles. The lowest BCUT2D eigenvalue weighted by Crippen LogP contribution is -2.30. The largest absolute Gasteiger partial charge is 0.462 e. The minimum atomic E-state index is -0.595. The second-order valence-corrected chi connectivity index (χ2v) is 16.6. The Bertz CT molecular complexity index is 1450. The van der Waals surface area contributed by atoms with E-state index in [1.165, 1.54) is 25.7 Å². The highest BCUT2D eigenvalue weighted by Gasteiger charge is 2.17. The Hall–Kier alpha value is -4.22. The SMILES string of the molecule is CC/C=C\C/C=C\C/C=C\C/C=C\C/C=C\CCCCCC(=O)OCC(COCCC/C=C\C/C=C\C/C=C\C/C=C\CC)OC(=O)CCCCCCCCC/C=C\C/C=C\C/C=C\CC. The Kier molecular flexibility index (Phi) is 51.6. The van der Waals surface area contributed by atoms with Crippen LogP contribution in [0.1, 0.15) is 201 Å². The van der Waals surface area contributed by atoms with Crippen LogP contribution in [0.3, 0.4) is 0 Å². The van der Waals surface area contributed by atoms with Crippen LogP contribution in [0.5, 0.6) is 0 Å². The maximum atomic E-state index is 12.8. The Labute approximate surface area is 406 Å². The lowest BCUT2D eigenvalue weighted by Gasteiger charge is -2.18. The maximum Gasteiger partial charge on any atom is 0.306 e. The van der Waals surface area contributed by atoms with Crippen molar-refractivity contribution in [1.82, 2.24) is 0 Å². The summed E-state index contributed by atoms with van der Waals surface area (Å²) >= 11 is 0. The molecule has 1 unspecified atom stereocenters. The van der Waals surface area contributed by atoms with E-state index < -0.39 is 6.10 Å². The first-order valence-corrected chi connectivity index (χ1v) is 26.4. The molecule has 0 saturated carbocycles. The molecular weight excluding hydrogens is 813 g/mol. The molecule has 0 aromatic carbocycles. The first-order chi connectivity index (χ1) is 32.6. The Morgan fingerprint density at radius 1 is 0.333 bits per heavy atom. The molecule has 0 heterocycles. The van der Waals surface area contributed by atoms with Gasteiger partial charge in [0.25, 0.3) is 0 Å². The van der Waals surface area contributed by atoms with Gasteiger partial charge < -0.3 is 14.2 Å². The zero-order valence-electron chi connectivity index (χ0n) is 42.4. The van der Waals surface area contributed by atoms with Gasteiger partial charge >= 0.3 is 11.9 Å². The fourth-order valence-electron chi connectivity index (χ4n) is 6.55. The van der Waals surface area contributed by atoms with Gasteiger partial charge in [0.2, 0.25) is 0 Å². The second kappa shape index (κ2) is 55.1. The minimum absolute atomic E-state index is 0.0318. The average molecular weight is 909 g/mol. The highest BCUT2D eigenvalue weighted by Crippen LogP contribution is 2.12. The lowest BCUT2D eigenvalue weighted by molar-refractivity contribution is -0.163. The predicted molar refractivity (Wildman–Crippen MR) is 288 cm³/mol. The number of hydrogen-bond donors (Lipinski definition) is 0. The summed E-state index contributed by atoms with van der Waals surface area (Å²) < 4.78 is 17.3. The third-order valence-corrected chi connectivity index (χ3v) is 10.4. The highest BCUT2D eigenvalue weighted by molar-refractivity contribution is 5.70. The molecule has 1 atom stereocenters. The van der Waals surface area contributed by atoms with Gasteiger partial charge in [-0.1, -0.05) is 205 Å². The van der Waals surface area contributed by atoms with E-state index in [9.17, 15) is 9.59 Å². The standard InChI is InChI=1S/C61H96O5/c1-4-7-10-13-16-19-22-25-28-30-31-33-34-36-39-42-45-48-51-54-60(62)65-58-59(57-64-56-53-50-47-44-41-38-27-24-21-18-15-12-9-6-3)66-61(63)55-52-49-46-43-40-37-35-32-29-26-23-20-17-14-11-8-5-2/h7-12,16-21,25-29,31,33,36,38-39,44,47,59H,4-6,13-15,22-24,30,32,34-35,37,40-43,45-46,48-58H2,1-3H3/b10-7-,11-8-,12-9-,19-16-,20-17-,21-18-,28-25-,29-26-,33-31-,38-27-,39-36-,47-44-. The molecule has 0 saturated heterocycles. The van der Waals surface area contributed by atoms with Crippen LogP contribution >= 0.6 is 0 Å². The molecule has 0 radical (unpaired) electrons. The molecule has 0 bridgehead atoms. The van der Waals surface area contributed by atoms with Gasteiger partial charge in [-0.25, -0.2) is 0 Å². The molecule has 0 aromatic heterocycles. The zero-order chi connectivity index (χ0) is 47.7. The molecule has 5 nitrogen and oxygen atoms in total. The van der Waals surface area contributed by atoms with Crippen LogP contribution in [0, 0.1) is 0 Å². The average Bonchev–Trinajstić information content (AvgIpc) is 3.32. The number of esters is 2. The summed E-state index contributed by atoms with van der Waals surface area (Å²) in [5, 5.41) is 0. The summed E-state index contributed by atoms with van der Waals surface area (Å²) in [6, 6.07) is 0. The first kappa shape index (κ1) is 61.8. The Morgan fingerprint density at radius 3 is 1.03 bits per heavy atom. The van der Waals surface area contributed by atoms with Crippen LogP contribution in [0.2, 0.25) is 0 Å². The van der Waals surface area contributed by atoms with E-state index >= 15 is 0 Å². The minimum Gasteiger partial charge on any atom is -0.462 e. The van der Waals surface area contributed by atoms with Crippen LogP contribution in [0.4, 0.5) is 0 Å². The van der Waals surface area contributed by atoms with Crippen molar-refractivity contribution in [2.24, 2.45) is 0 Å². The van der Waals surface area contributed by atoms with Gasteiger partial charge in [-0.3, -0.25) is 9.59 Å². The van der Waals surface area contributed by atoms with E-state index in [1.807, 2.05) is 0 Å². The molecule has 0 aliphatic heterocycles. The number of ether oxygens (including phenoxy) is 3. The number of rotatable bonds is 46. The molecule has 5 heteroatoms. The quantitative estimate of drug-likeness (QED) is 0.0346. The number of unbranched alkanes of at least 4 members (excludes halogenated alkanes) is 11. The predicted octanol–water partition coefficient (Wildman–Crippen LogP) is 18.1. The van der Waals surface area contributed by atoms with Crippen LogP contribution in [-0.2, 0) is 23.8 Å². The number of carbonyl (C=O) groups excluding carboxylic acids is 2. The highest BCUT2D eigenvalue weighted by atomic mass is 16.6. The van der Waals surface area contributed by atoms with E-state index in [-0.39, 0.29) is 25.2 Å². The van der Waals surface area contributed by atoms with Crippen molar-refractivity contribution in [2.45, 2.75) is 207 Å². The molecule has 66 heavy (non-hydrogen) atoms. The van der Waals surface area contributed by atoms with E-state index in [0.29, 0.717) is 19.4 Å². The molecule has 0 fully saturated rings. The van der Waals surface area contributed by atoms with Crippen molar-refractivity contribution >= 4 is 11.9 Å². The molecule has 0 aliphatic rings. The summed E-state index contributed by atoms with van der Waals surface area (Å²) in [5.41, 5.74) is 0. The van der Waals surface area contributed by atoms with Gasteiger partial charge in [-0.05, 0) is 128 Å². The van der Waals surface area contributed by atoms with Crippen LogP contribution in [-0.4, -0.2) is 37.9 Å². The van der Waals surface area contributed by atoms with E-state index in [4.69, 9.17) is 14.2 Å². The monoisotopic (exact) mass is 909 g/mol. The van der Waals surface area contributed by atoms with Gasteiger partial charge in [0.05, 0.1) is 6.61 Å². The summed E-state index contributed by atoms with van der Waals surface area (Å²) in [6.07, 6.45) is 80.1. The zero-order valence-corrected chi connectivity index (χ0v) is 42.4. The summed E-state index contributed by atoms with van der Waals surface area (Å²) in [6.45, 7) is 7.28. The van der Waals surface area contributed by atoms with Crippen molar-refractivity contribution in [2.75, 3.05) is 19.8 Å². The molecule has 0 rings (SSSR count). The molecule has 370 valence electrons. The van der Waals surface area contributed by atoms with Gasteiger partial charge in [-0.2, -0.15) is 0 Å². The molecule has 0 amide bonds. The topological polar surface area (TPSA) is 61.8 Å². The molecule has 0 spiro atoms. The summed E-state index contributed by atoms with van der Waals surface area (Å²) in [5.74, 6) is -0.488. The normalized spacial score (nSPS) is 13.4. The molecular formula is C61H96O5. The van der Waals surface area contributed by atoms with E-state index in [1.54, 1.807) is 0 Å². The van der Waals surface area contributed by atoms with Crippen molar-refractivity contribution in [3.8, 4) is 0 Å². The Morgan fingerprint density at radius 2 is 0.636 bits per heavy atom. The number of carbonyl (C=O) groups is 2. The molecule has 0 N–H and O–H groups in total. The third kappa shape index (κ3) is 52.4. The van der Waals surface area contributed by atoms with Crippen molar-refractivity contribution < 1.29 is 23.8 Å². The third-order valence-electron chi connectivity index (χ3n) is 10.4. The Balaban J connectivity index is 4.45. The number of hydrogen-bond acceptors (Lipinski definition) is 5. The fraction of sp³-hybridized carbons (Fsp3) is 0.574.